The lowest BCUT2D eigenvalue weighted by Crippen LogP contribution is -2.55. The van der Waals surface area contributed by atoms with Crippen molar-refractivity contribution in [2.24, 2.45) is 0 Å². The summed E-state index contributed by atoms with van der Waals surface area (Å²) in [5, 5.41) is 9.48. The highest BCUT2D eigenvalue weighted by Crippen LogP contribution is 2.47. The second-order valence-corrected chi connectivity index (χ2v) is 15.2. The molecule has 0 radical (unpaired) electrons. The zero-order chi connectivity index (χ0) is 38.9. The third-order valence-corrected chi connectivity index (χ3v) is 11.5. The Bertz CT molecular complexity index is 1940. The number of hydrogen-bond donors (Lipinski definition) is 1. The maximum absolute atomic E-state index is 13.0. The number of hydrogen-bond acceptors (Lipinski definition) is 11. The van der Waals surface area contributed by atoms with Crippen LogP contribution in [0.5, 0.6) is 11.5 Å². The average molecular weight is 759 g/mol. The van der Waals surface area contributed by atoms with E-state index in [1.165, 1.54) is 16.8 Å². The van der Waals surface area contributed by atoms with Crippen LogP contribution in [0, 0.1) is 11.3 Å². The number of aromatic amines is 1. The summed E-state index contributed by atoms with van der Waals surface area (Å²) in [5.41, 5.74) is -1.44. The number of carbonyl (C=O) groups is 1. The van der Waals surface area contributed by atoms with E-state index in [2.05, 4.69) is 9.65 Å². The number of H-pyrrole nitrogens is 1. The van der Waals surface area contributed by atoms with Crippen molar-refractivity contribution in [1.82, 2.24) is 14.2 Å². The van der Waals surface area contributed by atoms with Gasteiger partial charge in [-0.25, -0.2) is 4.79 Å². The molecule has 0 spiro atoms. The molecule has 13 nitrogen and oxygen atoms in total. The van der Waals surface area contributed by atoms with Crippen LogP contribution in [0.25, 0.3) is 0 Å². The fourth-order valence-electron chi connectivity index (χ4n) is 6.66. The molecule has 1 saturated heterocycles. The number of nitriles is 1. The summed E-state index contributed by atoms with van der Waals surface area (Å²) >= 11 is 0. The first-order chi connectivity index (χ1) is 25.9. The van der Waals surface area contributed by atoms with Crippen LogP contribution in [0.15, 0.2) is 101 Å². The largest absolute Gasteiger partial charge is 0.497 e. The summed E-state index contributed by atoms with van der Waals surface area (Å²) in [7, 11) is 1.57. The summed E-state index contributed by atoms with van der Waals surface area (Å²) < 4.78 is 41.3. The molecule has 0 aliphatic carbocycles. The molecule has 1 aromatic heterocycles. The molecular weight excluding hydrogens is 711 g/mol. The Morgan fingerprint density at radius 1 is 0.926 bits per heavy atom. The third kappa shape index (κ3) is 9.16. The summed E-state index contributed by atoms with van der Waals surface area (Å²) in [4.78, 5) is 39.9. The molecule has 1 N–H and O–H groups in total. The Labute approximate surface area is 316 Å². The molecule has 0 bridgehead atoms. The van der Waals surface area contributed by atoms with Crippen LogP contribution in [0.3, 0.4) is 0 Å². The van der Waals surface area contributed by atoms with Gasteiger partial charge in [0.05, 0.1) is 46.8 Å². The van der Waals surface area contributed by atoms with Gasteiger partial charge in [0, 0.05) is 24.3 Å². The molecular formula is C40H47N4O9P. The van der Waals surface area contributed by atoms with E-state index in [0.717, 1.165) is 16.7 Å². The van der Waals surface area contributed by atoms with E-state index in [-0.39, 0.29) is 44.7 Å². The summed E-state index contributed by atoms with van der Waals surface area (Å²) in [5.74, 6) is 0.732. The van der Waals surface area contributed by atoms with E-state index in [0.29, 0.717) is 11.5 Å². The second-order valence-electron chi connectivity index (χ2n) is 13.5. The first kappa shape index (κ1) is 40.5. The van der Waals surface area contributed by atoms with Crippen molar-refractivity contribution >= 4 is 14.1 Å². The number of nitrogens with one attached hydrogen (secondary N) is 1. The van der Waals surface area contributed by atoms with E-state index >= 15 is 0 Å². The molecule has 1 fully saturated rings. The summed E-state index contributed by atoms with van der Waals surface area (Å²) in [6, 6.07) is 27.9. The number of ether oxygens (including phenoxy) is 5. The van der Waals surface area contributed by atoms with Gasteiger partial charge >= 0.3 is 5.69 Å². The number of nitrogens with zero attached hydrogens (tertiary/aromatic N) is 3. The molecule has 1 aliphatic heterocycles. The predicted molar refractivity (Wildman–Crippen MR) is 204 cm³/mol. The Morgan fingerprint density at radius 3 is 2.02 bits per heavy atom. The number of rotatable bonds is 17. The van der Waals surface area contributed by atoms with E-state index < -0.39 is 42.8 Å². The van der Waals surface area contributed by atoms with Crippen molar-refractivity contribution in [2.75, 3.05) is 46.8 Å². The van der Waals surface area contributed by atoms with E-state index in [9.17, 15) is 19.6 Å². The molecule has 1 aliphatic rings. The van der Waals surface area contributed by atoms with Gasteiger partial charge in [0.2, 0.25) is 5.78 Å². The topological polar surface area (TPSA) is 154 Å². The summed E-state index contributed by atoms with van der Waals surface area (Å²) in [6.45, 7) is 7.76. The quantitative estimate of drug-likeness (QED) is 0.0838. The highest BCUT2D eigenvalue weighted by atomic mass is 31.2. The Kier molecular flexibility index (Phi) is 13.6. The van der Waals surface area contributed by atoms with Crippen LogP contribution in [0.1, 0.15) is 50.6 Å². The number of ketones is 1. The first-order valence-electron chi connectivity index (χ1n) is 17.6. The number of aromatic nitrogens is 2. The average Bonchev–Trinajstić information content (AvgIpc) is 3.18. The molecule has 2 heterocycles. The molecule has 3 atom stereocenters. The van der Waals surface area contributed by atoms with Crippen molar-refractivity contribution in [1.29, 1.82) is 5.26 Å². The SMILES string of the molecule is COc1ccc(C(OC[C@]2(COP(CC(=O)C#N)N(C(C)C)C(C)C)COC[C@H](n3ccc(=O)[nH]c3=O)O2)(c2ccccc2)c2ccc(OC)cc2)cc1. The number of benzene rings is 3. The van der Waals surface area contributed by atoms with Gasteiger partial charge in [0.15, 0.2) is 6.23 Å². The predicted octanol–water partition coefficient (Wildman–Crippen LogP) is 5.39. The molecule has 3 aromatic carbocycles. The molecule has 14 heteroatoms. The smallest absolute Gasteiger partial charge is 0.330 e. The van der Waals surface area contributed by atoms with Crippen LogP contribution in [0.2, 0.25) is 0 Å². The van der Waals surface area contributed by atoms with Crippen LogP contribution in [0.4, 0.5) is 0 Å². The van der Waals surface area contributed by atoms with Crippen molar-refractivity contribution < 1.29 is 33.0 Å². The molecule has 0 amide bonds. The van der Waals surface area contributed by atoms with Crippen molar-refractivity contribution in [3.63, 3.8) is 0 Å². The summed E-state index contributed by atoms with van der Waals surface area (Å²) in [6.07, 6.45) is 0.268. The monoisotopic (exact) mass is 758 g/mol. The van der Waals surface area contributed by atoms with Crippen molar-refractivity contribution in [3.8, 4) is 17.6 Å². The van der Waals surface area contributed by atoms with Gasteiger partial charge in [-0.1, -0.05) is 54.6 Å². The van der Waals surface area contributed by atoms with Crippen molar-refractivity contribution in [2.45, 2.75) is 57.2 Å². The zero-order valence-electron chi connectivity index (χ0n) is 31.4. The zero-order valence-corrected chi connectivity index (χ0v) is 32.3. The van der Waals surface area contributed by atoms with Gasteiger partial charge in [0.1, 0.15) is 37.1 Å². The number of carbonyl (C=O) groups excluding carboxylic acids is 1. The second kappa shape index (κ2) is 18.1. The lowest BCUT2D eigenvalue weighted by Gasteiger charge is -2.45. The van der Waals surface area contributed by atoms with Crippen LogP contribution >= 0.6 is 8.30 Å². The minimum absolute atomic E-state index is 0.000279. The van der Waals surface area contributed by atoms with Crippen LogP contribution < -0.4 is 20.7 Å². The van der Waals surface area contributed by atoms with Gasteiger partial charge in [0.25, 0.3) is 5.56 Å². The highest BCUT2D eigenvalue weighted by molar-refractivity contribution is 7.51. The van der Waals surface area contributed by atoms with Gasteiger partial charge < -0.3 is 28.2 Å². The standard InChI is InChI=1S/C40H47N4O9P/c1-28(2)44(29(3)4)54(24-33(45)22-41)52-27-39(25-50-23-37(53-39)43-21-20-36(46)42-38(43)47)26-51-40(30-10-8-7-9-11-30,31-12-16-34(48-5)17-13-31)32-14-18-35(49-6)19-15-32/h7-21,28-29,37H,23-27H2,1-6H3,(H,42,46,47)/t37-,39+,54?/m1/s1. The maximum atomic E-state index is 13.0. The van der Waals surface area contributed by atoms with E-state index in [1.54, 1.807) is 20.3 Å². The Hall–Kier alpha value is -4.67. The van der Waals surface area contributed by atoms with Gasteiger partial charge in [-0.3, -0.25) is 23.8 Å². The molecule has 5 rings (SSSR count). The van der Waals surface area contributed by atoms with Gasteiger partial charge in [-0.15, -0.1) is 0 Å². The Balaban J connectivity index is 1.64. The highest BCUT2D eigenvalue weighted by Gasteiger charge is 2.46. The van der Waals surface area contributed by atoms with E-state index in [4.69, 9.17) is 28.2 Å². The fourth-order valence-corrected chi connectivity index (χ4v) is 8.78. The maximum Gasteiger partial charge on any atom is 0.330 e. The first-order valence-corrected chi connectivity index (χ1v) is 19.0. The molecule has 0 saturated carbocycles. The minimum Gasteiger partial charge on any atom is -0.497 e. The molecule has 1 unspecified atom stereocenters. The number of Topliss-reactive ketones (excluding diaryl/α,β-unsaturated/α-hetero) is 1. The van der Waals surface area contributed by atoms with E-state index in [1.807, 2.05) is 107 Å². The lowest BCUT2D eigenvalue weighted by molar-refractivity contribution is -0.258. The fraction of sp³-hybridized carbons (Fsp3) is 0.400. The molecule has 286 valence electrons. The normalized spacial score (nSPS) is 18.0. The molecule has 54 heavy (non-hydrogen) atoms. The van der Waals surface area contributed by atoms with Crippen LogP contribution in [-0.2, 0) is 29.1 Å². The molecule has 4 aromatic rings. The number of methoxy groups -OCH3 is 2. The van der Waals surface area contributed by atoms with Gasteiger partial charge in [-0.2, -0.15) is 5.26 Å². The third-order valence-electron chi connectivity index (χ3n) is 9.09. The lowest BCUT2D eigenvalue weighted by atomic mass is 9.79. The van der Waals surface area contributed by atoms with Crippen molar-refractivity contribution in [3.05, 3.63) is 129 Å². The Morgan fingerprint density at radius 2 is 1.50 bits per heavy atom. The van der Waals surface area contributed by atoms with Gasteiger partial charge in [-0.05, 0) is 68.7 Å². The van der Waals surface area contributed by atoms with Crippen LogP contribution in [-0.4, -0.2) is 84.5 Å². The minimum atomic E-state index is -1.64.